The van der Waals surface area contributed by atoms with Gasteiger partial charge in [-0.1, -0.05) is 12.1 Å². The quantitative estimate of drug-likeness (QED) is 0.741. The van der Waals surface area contributed by atoms with E-state index in [9.17, 15) is 4.79 Å². The third kappa shape index (κ3) is 3.50. The second-order valence-corrected chi connectivity index (χ2v) is 6.40. The molecule has 124 valence electrons. The average Bonchev–Trinajstić information content (AvgIpc) is 3.26. The Morgan fingerprint density at radius 1 is 1.38 bits per heavy atom. The number of aromatic nitrogens is 4. The Kier molecular flexibility index (Phi) is 4.68. The molecule has 2 aromatic heterocycles. The van der Waals surface area contributed by atoms with E-state index in [2.05, 4.69) is 39.0 Å². The van der Waals surface area contributed by atoms with Crippen molar-refractivity contribution in [1.29, 1.82) is 0 Å². The van der Waals surface area contributed by atoms with Gasteiger partial charge in [0.25, 0.3) is 0 Å². The summed E-state index contributed by atoms with van der Waals surface area (Å²) in [5.41, 5.74) is 2.22. The minimum Gasteiger partial charge on any atom is -0.476 e. The number of nitrogens with zero attached hydrogens (tertiary/aromatic N) is 5. The summed E-state index contributed by atoms with van der Waals surface area (Å²) in [6, 6.07) is 8.29. The van der Waals surface area contributed by atoms with Crippen LogP contribution >= 0.6 is 11.3 Å². The molecule has 0 spiro atoms. The van der Waals surface area contributed by atoms with Crippen molar-refractivity contribution < 1.29 is 9.90 Å². The molecular formula is C16H17N5O2S. The van der Waals surface area contributed by atoms with Crippen LogP contribution < -0.4 is 0 Å². The van der Waals surface area contributed by atoms with Crippen molar-refractivity contribution >= 4 is 17.3 Å². The van der Waals surface area contributed by atoms with Crippen molar-refractivity contribution in [1.82, 2.24) is 24.6 Å². The summed E-state index contributed by atoms with van der Waals surface area (Å²) in [4.78, 5) is 21.1. The average molecular weight is 343 g/mol. The lowest BCUT2D eigenvalue weighted by atomic mass is 10.1. The lowest BCUT2D eigenvalue weighted by Gasteiger charge is -2.24. The van der Waals surface area contributed by atoms with Crippen LogP contribution in [0, 0.1) is 0 Å². The number of benzene rings is 1. The SMILES string of the molecule is CC(c1ccc(-n2cncn2)cc1)N(C)Cc1nc(C(=O)O)cs1. The highest BCUT2D eigenvalue weighted by atomic mass is 32.1. The van der Waals surface area contributed by atoms with Gasteiger partial charge in [-0.3, -0.25) is 4.90 Å². The van der Waals surface area contributed by atoms with Gasteiger partial charge in [-0.25, -0.2) is 19.4 Å². The first-order valence-electron chi connectivity index (χ1n) is 7.37. The Morgan fingerprint density at radius 3 is 2.71 bits per heavy atom. The van der Waals surface area contributed by atoms with Crippen molar-refractivity contribution in [3.63, 3.8) is 0 Å². The Morgan fingerprint density at radius 2 is 2.12 bits per heavy atom. The molecule has 1 aromatic carbocycles. The molecule has 0 amide bonds. The van der Waals surface area contributed by atoms with Gasteiger partial charge in [0.2, 0.25) is 0 Å². The highest BCUT2D eigenvalue weighted by molar-refractivity contribution is 7.09. The first kappa shape index (κ1) is 16.3. The summed E-state index contributed by atoms with van der Waals surface area (Å²) in [6.07, 6.45) is 3.16. The van der Waals surface area contributed by atoms with E-state index in [0.29, 0.717) is 6.54 Å². The van der Waals surface area contributed by atoms with E-state index >= 15 is 0 Å². The maximum Gasteiger partial charge on any atom is 0.355 e. The molecule has 3 rings (SSSR count). The van der Waals surface area contributed by atoms with Crippen LogP contribution in [0.15, 0.2) is 42.3 Å². The predicted molar refractivity (Wildman–Crippen MR) is 90.3 cm³/mol. The Balaban J connectivity index is 1.68. The lowest BCUT2D eigenvalue weighted by molar-refractivity contribution is 0.0691. The molecule has 0 saturated carbocycles. The van der Waals surface area contributed by atoms with Crippen LogP contribution in [0.5, 0.6) is 0 Å². The largest absolute Gasteiger partial charge is 0.476 e. The van der Waals surface area contributed by atoms with Gasteiger partial charge in [-0.15, -0.1) is 11.3 Å². The van der Waals surface area contributed by atoms with Crippen molar-refractivity contribution in [3.8, 4) is 5.69 Å². The van der Waals surface area contributed by atoms with Gasteiger partial charge < -0.3 is 5.11 Å². The minimum atomic E-state index is -0.989. The molecule has 8 heteroatoms. The standard InChI is InChI=1S/C16H17N5O2S/c1-11(20(2)7-15-19-14(8-24-15)16(22)23)12-3-5-13(6-4-12)21-10-17-9-18-21/h3-6,8-11H,7H2,1-2H3,(H,22,23). The molecule has 2 heterocycles. The molecule has 0 bridgehead atoms. The maximum absolute atomic E-state index is 10.9. The zero-order valence-corrected chi connectivity index (χ0v) is 14.1. The van der Waals surface area contributed by atoms with E-state index in [1.807, 2.05) is 19.2 Å². The molecular weight excluding hydrogens is 326 g/mol. The van der Waals surface area contributed by atoms with Gasteiger partial charge in [0, 0.05) is 11.4 Å². The smallest absolute Gasteiger partial charge is 0.355 e. The van der Waals surface area contributed by atoms with Crippen LogP contribution in [0.25, 0.3) is 5.69 Å². The van der Waals surface area contributed by atoms with Crippen molar-refractivity contribution in [2.45, 2.75) is 19.5 Å². The van der Waals surface area contributed by atoms with Gasteiger partial charge in [0.1, 0.15) is 17.7 Å². The summed E-state index contributed by atoms with van der Waals surface area (Å²) in [6.45, 7) is 2.71. The van der Waals surface area contributed by atoms with E-state index in [1.165, 1.54) is 17.7 Å². The monoisotopic (exact) mass is 343 g/mol. The highest BCUT2D eigenvalue weighted by Gasteiger charge is 2.15. The van der Waals surface area contributed by atoms with Crippen LogP contribution in [-0.2, 0) is 6.54 Å². The number of hydrogen-bond donors (Lipinski definition) is 1. The molecule has 0 fully saturated rings. The van der Waals surface area contributed by atoms with Gasteiger partial charge in [-0.2, -0.15) is 5.10 Å². The Bertz CT molecular complexity index is 813. The van der Waals surface area contributed by atoms with Crippen LogP contribution in [0.2, 0.25) is 0 Å². The summed E-state index contributed by atoms with van der Waals surface area (Å²) >= 11 is 1.37. The van der Waals surface area contributed by atoms with Gasteiger partial charge in [0.15, 0.2) is 5.69 Å². The lowest BCUT2D eigenvalue weighted by Crippen LogP contribution is -2.22. The normalized spacial score (nSPS) is 12.5. The van der Waals surface area contributed by atoms with E-state index < -0.39 is 5.97 Å². The summed E-state index contributed by atoms with van der Waals surface area (Å²) in [5.74, 6) is -0.989. The molecule has 0 aliphatic rings. The third-order valence-electron chi connectivity index (χ3n) is 3.88. The number of carbonyl (C=O) groups is 1. The predicted octanol–water partition coefficient (Wildman–Crippen LogP) is 2.62. The zero-order valence-electron chi connectivity index (χ0n) is 13.3. The van der Waals surface area contributed by atoms with Crippen molar-refractivity contribution in [2.75, 3.05) is 7.05 Å². The molecule has 0 aliphatic carbocycles. The minimum absolute atomic E-state index is 0.105. The molecule has 3 aromatic rings. The van der Waals surface area contributed by atoms with Crippen molar-refractivity contribution in [3.05, 3.63) is 58.6 Å². The van der Waals surface area contributed by atoms with Gasteiger partial charge in [0.05, 0.1) is 12.2 Å². The fourth-order valence-electron chi connectivity index (χ4n) is 2.33. The molecule has 24 heavy (non-hydrogen) atoms. The van der Waals surface area contributed by atoms with Crippen LogP contribution in [0.4, 0.5) is 0 Å². The first-order chi connectivity index (χ1) is 11.5. The highest BCUT2D eigenvalue weighted by Crippen LogP contribution is 2.23. The van der Waals surface area contributed by atoms with Crippen molar-refractivity contribution in [2.24, 2.45) is 0 Å². The van der Waals surface area contributed by atoms with E-state index in [1.54, 1.807) is 16.4 Å². The second kappa shape index (κ2) is 6.90. The van der Waals surface area contributed by atoms with E-state index in [4.69, 9.17) is 5.11 Å². The third-order valence-corrected chi connectivity index (χ3v) is 4.71. The summed E-state index contributed by atoms with van der Waals surface area (Å²) in [5, 5.41) is 15.4. The van der Waals surface area contributed by atoms with Crippen LogP contribution in [0.3, 0.4) is 0 Å². The number of carboxylic acid groups (broad SMARTS) is 1. The molecule has 0 aliphatic heterocycles. The molecule has 1 N–H and O–H groups in total. The van der Waals surface area contributed by atoms with Gasteiger partial charge in [-0.05, 0) is 31.7 Å². The fraction of sp³-hybridized carbons (Fsp3) is 0.250. The Hall–Kier alpha value is -2.58. The Labute approximate surface area is 143 Å². The second-order valence-electron chi connectivity index (χ2n) is 5.45. The number of carboxylic acids is 1. The van der Waals surface area contributed by atoms with E-state index in [0.717, 1.165) is 16.3 Å². The molecule has 1 atom stereocenters. The molecule has 7 nitrogen and oxygen atoms in total. The number of hydrogen-bond acceptors (Lipinski definition) is 6. The van der Waals surface area contributed by atoms with E-state index in [-0.39, 0.29) is 11.7 Å². The number of rotatable bonds is 6. The summed E-state index contributed by atoms with van der Waals surface area (Å²) < 4.78 is 1.71. The topological polar surface area (TPSA) is 84.1 Å². The number of aromatic carboxylic acids is 1. The van der Waals surface area contributed by atoms with Gasteiger partial charge >= 0.3 is 5.97 Å². The number of thiazole rings is 1. The molecule has 0 radical (unpaired) electrons. The molecule has 1 unspecified atom stereocenters. The van der Waals surface area contributed by atoms with Crippen LogP contribution in [-0.4, -0.2) is 42.8 Å². The fourth-order valence-corrected chi connectivity index (χ4v) is 3.16. The maximum atomic E-state index is 10.9. The zero-order chi connectivity index (χ0) is 17.1. The summed E-state index contributed by atoms with van der Waals surface area (Å²) in [7, 11) is 2.00. The molecule has 0 saturated heterocycles. The first-order valence-corrected chi connectivity index (χ1v) is 8.25. The van der Waals surface area contributed by atoms with Crippen LogP contribution in [0.1, 0.15) is 34.0 Å².